The molecule has 1 unspecified atom stereocenters. The van der Waals surface area contributed by atoms with E-state index in [1.807, 2.05) is 33.8 Å². The molecule has 0 bridgehead atoms. The van der Waals surface area contributed by atoms with Crippen molar-refractivity contribution in [3.63, 3.8) is 0 Å². The minimum Gasteiger partial charge on any atom is -0.374 e. The molecule has 0 saturated heterocycles. The predicted octanol–water partition coefficient (Wildman–Crippen LogP) is 2.91. The quantitative estimate of drug-likeness (QED) is 0.870. The third-order valence-corrected chi connectivity index (χ3v) is 3.64. The van der Waals surface area contributed by atoms with E-state index < -0.39 is 10.0 Å². The molecule has 1 aromatic carbocycles. The Labute approximate surface area is 136 Å². The molecule has 23 heavy (non-hydrogen) atoms. The van der Waals surface area contributed by atoms with Crippen molar-refractivity contribution in [3.8, 4) is 0 Å². The van der Waals surface area contributed by atoms with E-state index in [-0.39, 0.29) is 11.5 Å². The Morgan fingerprint density at radius 3 is 2.43 bits per heavy atom. The lowest BCUT2D eigenvalue weighted by molar-refractivity contribution is 0.354. The van der Waals surface area contributed by atoms with E-state index in [1.165, 1.54) is 0 Å². The molecule has 1 aromatic heterocycles. The largest absolute Gasteiger partial charge is 0.374 e. The fourth-order valence-corrected chi connectivity index (χ4v) is 2.47. The summed E-state index contributed by atoms with van der Waals surface area (Å²) in [6.45, 7) is 7.94. The maximum absolute atomic E-state index is 11.3. The number of nitrogens with one attached hydrogen (secondary N) is 2. The molecular weight excluding hydrogens is 316 g/mol. The molecule has 7 nitrogen and oxygen atoms in total. The molecule has 126 valence electrons. The monoisotopic (exact) mass is 338 g/mol. The van der Waals surface area contributed by atoms with Crippen LogP contribution in [-0.4, -0.2) is 24.8 Å². The fourth-order valence-electron chi connectivity index (χ4n) is 1.91. The number of rotatable bonds is 5. The van der Waals surface area contributed by atoms with Gasteiger partial charge in [-0.25, -0.2) is 8.42 Å². The lowest BCUT2D eigenvalue weighted by Crippen LogP contribution is -2.14. The average molecular weight is 338 g/mol. The van der Waals surface area contributed by atoms with Crippen LogP contribution in [-0.2, 0) is 15.4 Å². The Kier molecular flexibility index (Phi) is 4.65. The van der Waals surface area contributed by atoms with Crippen LogP contribution >= 0.6 is 0 Å². The van der Waals surface area contributed by atoms with Crippen LogP contribution in [0.2, 0.25) is 0 Å². The van der Waals surface area contributed by atoms with E-state index in [0.29, 0.717) is 17.4 Å². The summed E-state index contributed by atoms with van der Waals surface area (Å²) in [5.41, 5.74) is 1.06. The summed E-state index contributed by atoms with van der Waals surface area (Å²) in [6, 6.07) is 6.79. The summed E-state index contributed by atoms with van der Waals surface area (Å²) in [5.74, 6) is 1.13. The summed E-state index contributed by atoms with van der Waals surface area (Å²) >= 11 is 0. The Morgan fingerprint density at radius 2 is 1.87 bits per heavy atom. The number of hydrogen-bond donors (Lipinski definition) is 2. The third-order valence-electron chi connectivity index (χ3n) is 3.03. The molecule has 0 aliphatic rings. The third kappa shape index (κ3) is 4.95. The number of nitrogens with zero attached hydrogens (tertiary/aromatic N) is 2. The van der Waals surface area contributed by atoms with Crippen LogP contribution in [0.15, 0.2) is 28.8 Å². The SMILES string of the molecule is CC(Nc1cccc(NS(C)(=O)=O)c1)c1nc(C(C)(C)C)no1. The van der Waals surface area contributed by atoms with Crippen molar-refractivity contribution in [2.24, 2.45) is 0 Å². The van der Waals surface area contributed by atoms with Crippen molar-refractivity contribution in [1.82, 2.24) is 10.1 Å². The van der Waals surface area contributed by atoms with Gasteiger partial charge in [0.25, 0.3) is 0 Å². The molecule has 2 aromatic rings. The van der Waals surface area contributed by atoms with Crippen molar-refractivity contribution in [2.45, 2.75) is 39.2 Å². The first-order valence-corrected chi connectivity index (χ1v) is 9.12. The Hall–Kier alpha value is -2.09. The van der Waals surface area contributed by atoms with Crippen LogP contribution in [0, 0.1) is 0 Å². The Morgan fingerprint density at radius 1 is 1.22 bits per heavy atom. The topological polar surface area (TPSA) is 97.1 Å². The molecule has 0 spiro atoms. The first-order chi connectivity index (χ1) is 10.5. The lowest BCUT2D eigenvalue weighted by atomic mass is 9.96. The zero-order valence-electron chi connectivity index (χ0n) is 13.9. The molecule has 2 N–H and O–H groups in total. The highest BCUT2D eigenvalue weighted by Gasteiger charge is 2.23. The second-order valence-electron chi connectivity index (χ2n) is 6.53. The van der Waals surface area contributed by atoms with E-state index in [1.54, 1.807) is 18.2 Å². The highest BCUT2D eigenvalue weighted by atomic mass is 32.2. The normalized spacial score (nSPS) is 13.6. The number of sulfonamides is 1. The van der Waals surface area contributed by atoms with Gasteiger partial charge < -0.3 is 9.84 Å². The van der Waals surface area contributed by atoms with Crippen molar-refractivity contribution in [3.05, 3.63) is 36.0 Å². The van der Waals surface area contributed by atoms with Crippen LogP contribution in [0.4, 0.5) is 11.4 Å². The van der Waals surface area contributed by atoms with Crippen LogP contribution in [0.25, 0.3) is 0 Å². The molecule has 0 aliphatic carbocycles. The van der Waals surface area contributed by atoms with E-state index in [2.05, 4.69) is 20.2 Å². The maximum atomic E-state index is 11.3. The molecule has 0 radical (unpaired) electrons. The smallest absolute Gasteiger partial charge is 0.248 e. The highest BCUT2D eigenvalue weighted by Crippen LogP contribution is 2.24. The standard InChI is InChI=1S/C15H22N4O3S/c1-10(13-17-14(18-22-13)15(2,3)4)16-11-7-6-8-12(9-11)19-23(5,20)21/h6-10,16,19H,1-5H3. The first-order valence-electron chi connectivity index (χ1n) is 7.23. The van der Waals surface area contributed by atoms with Gasteiger partial charge >= 0.3 is 0 Å². The maximum Gasteiger partial charge on any atom is 0.248 e. The fraction of sp³-hybridized carbons (Fsp3) is 0.467. The molecule has 0 fully saturated rings. The molecule has 8 heteroatoms. The Balaban J connectivity index is 2.12. The van der Waals surface area contributed by atoms with Crippen LogP contribution in [0.1, 0.15) is 45.5 Å². The zero-order chi connectivity index (χ0) is 17.3. The van der Waals surface area contributed by atoms with Crippen molar-refractivity contribution < 1.29 is 12.9 Å². The van der Waals surface area contributed by atoms with Crippen molar-refractivity contribution >= 4 is 21.4 Å². The van der Waals surface area contributed by atoms with Gasteiger partial charge in [-0.1, -0.05) is 32.0 Å². The van der Waals surface area contributed by atoms with Gasteiger partial charge in [0.1, 0.15) is 6.04 Å². The second-order valence-corrected chi connectivity index (χ2v) is 8.28. The molecule has 2 rings (SSSR count). The van der Waals surface area contributed by atoms with Crippen LogP contribution < -0.4 is 10.0 Å². The van der Waals surface area contributed by atoms with Crippen LogP contribution in [0.5, 0.6) is 0 Å². The number of benzene rings is 1. The molecule has 0 amide bonds. The van der Waals surface area contributed by atoms with Gasteiger partial charge in [0.05, 0.1) is 11.9 Å². The summed E-state index contributed by atoms with van der Waals surface area (Å²) in [7, 11) is -3.31. The molecule has 0 saturated carbocycles. The minimum absolute atomic E-state index is 0.180. The highest BCUT2D eigenvalue weighted by molar-refractivity contribution is 7.92. The van der Waals surface area contributed by atoms with Gasteiger partial charge in [0, 0.05) is 11.1 Å². The van der Waals surface area contributed by atoms with Gasteiger partial charge in [-0.15, -0.1) is 0 Å². The van der Waals surface area contributed by atoms with E-state index >= 15 is 0 Å². The van der Waals surface area contributed by atoms with Crippen LogP contribution in [0.3, 0.4) is 0 Å². The lowest BCUT2D eigenvalue weighted by Gasteiger charge is -2.13. The summed E-state index contributed by atoms with van der Waals surface area (Å²) in [4.78, 5) is 4.41. The second kappa shape index (κ2) is 6.19. The average Bonchev–Trinajstić information content (AvgIpc) is 2.86. The molecule has 1 heterocycles. The molecule has 1 atom stereocenters. The van der Waals surface area contributed by atoms with Crippen molar-refractivity contribution in [1.29, 1.82) is 0 Å². The number of hydrogen-bond acceptors (Lipinski definition) is 6. The number of anilines is 2. The van der Waals surface area contributed by atoms with Gasteiger partial charge in [-0.3, -0.25) is 4.72 Å². The number of aromatic nitrogens is 2. The summed E-state index contributed by atoms with van der Waals surface area (Å²) in [5, 5.41) is 7.22. The summed E-state index contributed by atoms with van der Waals surface area (Å²) in [6.07, 6.45) is 1.11. The van der Waals surface area contributed by atoms with Gasteiger partial charge in [-0.2, -0.15) is 4.98 Å². The zero-order valence-corrected chi connectivity index (χ0v) is 14.7. The van der Waals surface area contributed by atoms with Gasteiger partial charge in [-0.05, 0) is 25.1 Å². The molecular formula is C15H22N4O3S. The van der Waals surface area contributed by atoms with Gasteiger partial charge in [0.2, 0.25) is 15.9 Å². The predicted molar refractivity (Wildman–Crippen MR) is 89.9 cm³/mol. The van der Waals surface area contributed by atoms with Crippen molar-refractivity contribution in [2.75, 3.05) is 16.3 Å². The van der Waals surface area contributed by atoms with E-state index in [9.17, 15) is 8.42 Å². The molecule has 0 aliphatic heterocycles. The Bertz CT molecular complexity index is 778. The van der Waals surface area contributed by atoms with E-state index in [0.717, 1.165) is 11.9 Å². The first kappa shape index (κ1) is 17.3. The minimum atomic E-state index is -3.31. The van der Waals surface area contributed by atoms with E-state index in [4.69, 9.17) is 4.52 Å². The summed E-state index contributed by atoms with van der Waals surface area (Å²) < 4.78 is 30.3. The van der Waals surface area contributed by atoms with Gasteiger partial charge in [0.15, 0.2) is 5.82 Å².